The van der Waals surface area contributed by atoms with E-state index in [4.69, 9.17) is 5.73 Å². The summed E-state index contributed by atoms with van der Waals surface area (Å²) in [4.78, 5) is 2.49. The molecule has 0 atom stereocenters. The molecule has 1 aliphatic rings. The maximum Gasteiger partial charge on any atom is 0.0161 e. The quantitative estimate of drug-likeness (QED) is 0.709. The molecule has 2 heteroatoms. The van der Waals surface area contributed by atoms with Gasteiger partial charge in [-0.15, -0.1) is 0 Å². The third-order valence-electron chi connectivity index (χ3n) is 3.27. The van der Waals surface area contributed by atoms with E-state index in [0.29, 0.717) is 5.41 Å². The Labute approximate surface area is 88.8 Å². The highest BCUT2D eigenvalue weighted by Crippen LogP contribution is 2.42. The van der Waals surface area contributed by atoms with Crippen LogP contribution in [0.3, 0.4) is 0 Å². The van der Waals surface area contributed by atoms with Crippen molar-refractivity contribution in [3.8, 4) is 0 Å². The molecule has 0 amide bonds. The van der Waals surface area contributed by atoms with Gasteiger partial charge in [0.25, 0.3) is 0 Å². The van der Waals surface area contributed by atoms with Crippen molar-refractivity contribution in [1.29, 1.82) is 0 Å². The van der Waals surface area contributed by atoms with Gasteiger partial charge in [-0.2, -0.15) is 0 Å². The molecule has 0 radical (unpaired) electrons. The van der Waals surface area contributed by atoms with E-state index in [1.165, 1.54) is 25.8 Å². The summed E-state index contributed by atoms with van der Waals surface area (Å²) >= 11 is 0. The summed E-state index contributed by atoms with van der Waals surface area (Å²) in [6, 6.07) is 0. The molecule has 0 unspecified atom stereocenters. The number of nitrogens with zero attached hydrogens (tertiary/aromatic N) is 1. The highest BCUT2D eigenvalue weighted by Gasteiger charge is 2.42. The monoisotopic (exact) mass is 198 g/mol. The second-order valence-electron chi connectivity index (χ2n) is 5.66. The first-order chi connectivity index (χ1) is 6.41. The average molecular weight is 198 g/mol. The molecule has 84 valence electrons. The van der Waals surface area contributed by atoms with Gasteiger partial charge in [-0.05, 0) is 37.8 Å². The Hall–Kier alpha value is -0.0800. The van der Waals surface area contributed by atoms with Crippen LogP contribution in [0.4, 0.5) is 0 Å². The van der Waals surface area contributed by atoms with Gasteiger partial charge >= 0.3 is 0 Å². The molecule has 0 saturated heterocycles. The molecule has 0 aromatic carbocycles. The zero-order valence-corrected chi connectivity index (χ0v) is 10.3. The molecule has 1 rings (SSSR count). The number of nitrogens with two attached hydrogens (primary N) is 1. The topological polar surface area (TPSA) is 29.3 Å². The highest BCUT2D eigenvalue weighted by molar-refractivity contribution is 5.02. The summed E-state index contributed by atoms with van der Waals surface area (Å²) < 4.78 is 0. The van der Waals surface area contributed by atoms with Gasteiger partial charge in [-0.3, -0.25) is 0 Å². The molecule has 1 saturated carbocycles. The van der Waals surface area contributed by atoms with E-state index in [9.17, 15) is 0 Å². The second kappa shape index (κ2) is 4.19. The molecule has 0 bridgehead atoms. The molecule has 1 aliphatic carbocycles. The Kier molecular flexibility index (Phi) is 3.59. The van der Waals surface area contributed by atoms with Gasteiger partial charge in [0, 0.05) is 12.1 Å². The van der Waals surface area contributed by atoms with Crippen LogP contribution in [0.5, 0.6) is 0 Å². The molecular formula is C12H26N2. The molecule has 14 heavy (non-hydrogen) atoms. The van der Waals surface area contributed by atoms with Crippen LogP contribution in [0.1, 0.15) is 47.0 Å². The fourth-order valence-corrected chi connectivity index (χ4v) is 2.40. The lowest BCUT2D eigenvalue weighted by molar-refractivity contribution is 0.169. The lowest BCUT2D eigenvalue weighted by atomic mass is 9.84. The molecule has 2 nitrogen and oxygen atoms in total. The van der Waals surface area contributed by atoms with Gasteiger partial charge in [-0.25, -0.2) is 0 Å². The van der Waals surface area contributed by atoms with Crippen LogP contribution in [0.25, 0.3) is 0 Å². The third-order valence-corrected chi connectivity index (χ3v) is 3.27. The third kappa shape index (κ3) is 3.58. The van der Waals surface area contributed by atoms with E-state index in [0.717, 1.165) is 13.1 Å². The Balaban J connectivity index is 2.39. The average Bonchev–Trinajstić information content (AvgIpc) is 2.78. The Morgan fingerprint density at radius 1 is 1.21 bits per heavy atom. The van der Waals surface area contributed by atoms with E-state index in [1.807, 2.05) is 0 Å². The van der Waals surface area contributed by atoms with Crippen LogP contribution < -0.4 is 5.73 Å². The van der Waals surface area contributed by atoms with Crippen LogP contribution in [-0.4, -0.2) is 30.1 Å². The first-order valence-electron chi connectivity index (χ1n) is 5.92. The summed E-state index contributed by atoms with van der Waals surface area (Å²) in [5.74, 6) is 0. The lowest BCUT2D eigenvalue weighted by Crippen LogP contribution is -2.39. The van der Waals surface area contributed by atoms with E-state index in [2.05, 4.69) is 32.6 Å². The van der Waals surface area contributed by atoms with Crippen molar-refractivity contribution in [3.05, 3.63) is 0 Å². The van der Waals surface area contributed by atoms with Crippen molar-refractivity contribution in [1.82, 2.24) is 4.90 Å². The van der Waals surface area contributed by atoms with Crippen molar-refractivity contribution in [2.75, 3.05) is 19.6 Å². The van der Waals surface area contributed by atoms with E-state index in [-0.39, 0.29) is 5.54 Å². The van der Waals surface area contributed by atoms with Crippen LogP contribution in [0, 0.1) is 5.41 Å². The maximum atomic E-state index is 6.17. The van der Waals surface area contributed by atoms with Gasteiger partial charge in [-0.1, -0.05) is 27.7 Å². The largest absolute Gasteiger partial charge is 0.325 e. The van der Waals surface area contributed by atoms with E-state index < -0.39 is 0 Å². The minimum absolute atomic E-state index is 0.191. The first-order valence-corrected chi connectivity index (χ1v) is 5.92. The Morgan fingerprint density at radius 3 is 2.07 bits per heavy atom. The summed E-state index contributed by atoms with van der Waals surface area (Å²) in [6.07, 6.45) is 3.64. The van der Waals surface area contributed by atoms with Gasteiger partial charge in [0.1, 0.15) is 0 Å². The van der Waals surface area contributed by atoms with E-state index >= 15 is 0 Å². The molecule has 0 aromatic rings. The van der Waals surface area contributed by atoms with Crippen LogP contribution in [-0.2, 0) is 0 Å². The van der Waals surface area contributed by atoms with Gasteiger partial charge in [0.2, 0.25) is 0 Å². The van der Waals surface area contributed by atoms with Crippen molar-refractivity contribution < 1.29 is 0 Å². The Morgan fingerprint density at radius 2 is 1.71 bits per heavy atom. The standard InChI is InChI=1S/C12H26N2/c1-5-14(6-2)10-11(3,4)9-12(13)7-8-12/h5-10,13H2,1-4H3. The van der Waals surface area contributed by atoms with Crippen LogP contribution >= 0.6 is 0 Å². The summed E-state index contributed by atoms with van der Waals surface area (Å²) in [7, 11) is 0. The zero-order valence-electron chi connectivity index (χ0n) is 10.3. The van der Waals surface area contributed by atoms with Gasteiger partial charge < -0.3 is 10.6 Å². The predicted octanol–water partition coefficient (Wildman–Crippen LogP) is 2.24. The molecule has 0 aromatic heterocycles. The Bertz CT molecular complexity index is 179. The van der Waals surface area contributed by atoms with Crippen molar-refractivity contribution in [3.63, 3.8) is 0 Å². The minimum atomic E-state index is 0.191. The molecule has 2 N–H and O–H groups in total. The number of rotatable bonds is 6. The molecule has 1 fully saturated rings. The zero-order chi connectivity index (χ0) is 10.8. The molecule has 0 heterocycles. The van der Waals surface area contributed by atoms with Gasteiger partial charge in [0.05, 0.1) is 0 Å². The summed E-state index contributed by atoms with van der Waals surface area (Å²) in [6.45, 7) is 12.6. The minimum Gasteiger partial charge on any atom is -0.325 e. The van der Waals surface area contributed by atoms with Crippen LogP contribution in [0.15, 0.2) is 0 Å². The van der Waals surface area contributed by atoms with E-state index in [1.54, 1.807) is 0 Å². The maximum absolute atomic E-state index is 6.17. The summed E-state index contributed by atoms with van der Waals surface area (Å²) in [5.41, 5.74) is 6.74. The molecule has 0 spiro atoms. The van der Waals surface area contributed by atoms with Crippen molar-refractivity contribution in [2.45, 2.75) is 52.5 Å². The fourth-order valence-electron chi connectivity index (χ4n) is 2.40. The SMILES string of the molecule is CCN(CC)CC(C)(C)CC1(N)CC1. The molecular weight excluding hydrogens is 172 g/mol. The molecule has 0 aliphatic heterocycles. The summed E-state index contributed by atoms with van der Waals surface area (Å²) in [5, 5.41) is 0. The van der Waals surface area contributed by atoms with Gasteiger partial charge in [0.15, 0.2) is 0 Å². The second-order valence-corrected chi connectivity index (χ2v) is 5.66. The first kappa shape index (κ1) is 12.0. The lowest BCUT2D eigenvalue weighted by Gasteiger charge is -2.33. The van der Waals surface area contributed by atoms with Crippen molar-refractivity contribution >= 4 is 0 Å². The fraction of sp³-hybridized carbons (Fsp3) is 1.00. The van der Waals surface area contributed by atoms with Crippen molar-refractivity contribution in [2.24, 2.45) is 11.1 Å². The van der Waals surface area contributed by atoms with Crippen LogP contribution in [0.2, 0.25) is 0 Å². The predicted molar refractivity (Wildman–Crippen MR) is 62.3 cm³/mol. The highest BCUT2D eigenvalue weighted by atomic mass is 15.1. The normalized spacial score (nSPS) is 20.1. The number of hydrogen-bond acceptors (Lipinski definition) is 2. The smallest absolute Gasteiger partial charge is 0.0161 e. The number of hydrogen-bond donors (Lipinski definition) is 1.